The quantitative estimate of drug-likeness (QED) is 0.224. The van der Waals surface area contributed by atoms with E-state index in [0.717, 1.165) is 49.7 Å². The van der Waals surface area contributed by atoms with Crippen molar-refractivity contribution in [1.29, 1.82) is 0 Å². The molecule has 15 nitrogen and oxygen atoms in total. The minimum atomic E-state index is -1.82. The summed E-state index contributed by atoms with van der Waals surface area (Å²) in [5.74, 6) is -5.90. The van der Waals surface area contributed by atoms with Crippen molar-refractivity contribution in [3.63, 3.8) is 0 Å². The van der Waals surface area contributed by atoms with Gasteiger partial charge in [0.15, 0.2) is 5.13 Å². The zero-order valence-corrected chi connectivity index (χ0v) is 24.7. The number of aliphatic carboxylic acids is 4. The first-order valence-corrected chi connectivity index (χ1v) is 13.7. The monoisotopic (exact) mass is 632 g/mol. The van der Waals surface area contributed by atoms with E-state index in [9.17, 15) is 4.79 Å². The van der Waals surface area contributed by atoms with E-state index in [-0.39, 0.29) is 5.91 Å². The molecular weight excluding hydrogens is 600 g/mol. The van der Waals surface area contributed by atoms with Crippen molar-refractivity contribution in [3.05, 3.63) is 59.5 Å². The second kappa shape index (κ2) is 17.8. The summed E-state index contributed by atoms with van der Waals surface area (Å²) in [4.78, 5) is 58.2. The number of carbonyl (C=O) groups excluding carboxylic acids is 1. The van der Waals surface area contributed by atoms with E-state index in [2.05, 4.69) is 44.4 Å². The number of carboxylic acid groups (broad SMARTS) is 4. The zero-order chi connectivity index (χ0) is 32.6. The number of nitrogens with one attached hydrogen (secondary N) is 1. The maximum Gasteiger partial charge on any atom is 0.414 e. The summed E-state index contributed by atoms with van der Waals surface area (Å²) in [6, 6.07) is 16.1. The van der Waals surface area contributed by atoms with Crippen LogP contribution < -0.4 is 14.8 Å². The molecule has 44 heavy (non-hydrogen) atoms. The Morgan fingerprint density at radius 3 is 1.91 bits per heavy atom. The molecule has 0 saturated carbocycles. The van der Waals surface area contributed by atoms with Crippen LogP contribution in [0.4, 0.5) is 5.13 Å². The van der Waals surface area contributed by atoms with Gasteiger partial charge < -0.3 is 35.2 Å². The lowest BCUT2D eigenvalue weighted by atomic mass is 10.1. The molecule has 3 aromatic rings. The third-order valence-electron chi connectivity index (χ3n) is 5.88. The van der Waals surface area contributed by atoms with Crippen LogP contribution in [0.1, 0.15) is 5.56 Å². The van der Waals surface area contributed by atoms with Crippen molar-refractivity contribution in [2.45, 2.75) is 6.54 Å². The summed E-state index contributed by atoms with van der Waals surface area (Å²) < 4.78 is 10.8. The van der Waals surface area contributed by atoms with E-state index < -0.39 is 23.9 Å². The van der Waals surface area contributed by atoms with Crippen molar-refractivity contribution in [1.82, 2.24) is 14.8 Å². The van der Waals surface area contributed by atoms with E-state index >= 15 is 0 Å². The summed E-state index contributed by atoms with van der Waals surface area (Å²) in [6.45, 7) is 5.00. The Hall–Kier alpha value is -5.06. The van der Waals surface area contributed by atoms with Gasteiger partial charge in [-0.15, -0.1) is 11.3 Å². The Bertz CT molecular complexity index is 1380. The molecule has 1 amide bonds. The van der Waals surface area contributed by atoms with Gasteiger partial charge in [0.2, 0.25) is 5.91 Å². The molecule has 0 radical (unpaired) electrons. The number of benzene rings is 2. The number of thiazole rings is 1. The predicted molar refractivity (Wildman–Crippen MR) is 158 cm³/mol. The summed E-state index contributed by atoms with van der Waals surface area (Å²) in [5, 5.41) is 35.0. The highest BCUT2D eigenvalue weighted by Gasteiger charge is 2.20. The minimum Gasteiger partial charge on any atom is -0.497 e. The number of amides is 1. The van der Waals surface area contributed by atoms with Gasteiger partial charge in [-0.3, -0.25) is 14.6 Å². The highest BCUT2D eigenvalue weighted by molar-refractivity contribution is 7.14. The third-order valence-corrected chi connectivity index (χ3v) is 6.64. The number of carbonyl (C=O) groups is 5. The highest BCUT2D eigenvalue weighted by Crippen LogP contribution is 2.35. The summed E-state index contributed by atoms with van der Waals surface area (Å²) >= 11 is 1.40. The van der Waals surface area contributed by atoms with Crippen molar-refractivity contribution in [2.75, 3.05) is 52.3 Å². The number of rotatable bonds is 8. The molecule has 1 aliphatic heterocycles. The Morgan fingerprint density at radius 2 is 1.39 bits per heavy atom. The number of hydrogen-bond donors (Lipinski definition) is 5. The van der Waals surface area contributed by atoms with Gasteiger partial charge in [-0.25, -0.2) is 24.2 Å². The lowest BCUT2D eigenvalue weighted by molar-refractivity contribution is -0.159. The van der Waals surface area contributed by atoms with Crippen LogP contribution in [-0.4, -0.2) is 112 Å². The molecule has 0 spiro atoms. The fourth-order valence-electron chi connectivity index (χ4n) is 3.78. The fraction of sp³-hybridized carbons (Fsp3) is 0.286. The van der Waals surface area contributed by atoms with Gasteiger partial charge in [0.25, 0.3) is 0 Å². The number of methoxy groups -OCH3 is 2. The van der Waals surface area contributed by atoms with Crippen LogP contribution in [0.25, 0.3) is 11.3 Å². The molecule has 2 aromatic carbocycles. The molecule has 4 rings (SSSR count). The molecule has 0 unspecified atom stereocenters. The van der Waals surface area contributed by atoms with E-state index in [0.29, 0.717) is 17.4 Å². The molecule has 0 bridgehead atoms. The maximum absolute atomic E-state index is 12.6. The molecular formula is C28H32N4O11S. The van der Waals surface area contributed by atoms with Crippen molar-refractivity contribution >= 4 is 46.3 Å². The molecule has 16 heteroatoms. The maximum atomic E-state index is 12.6. The molecule has 2 heterocycles. The van der Waals surface area contributed by atoms with Gasteiger partial charge >= 0.3 is 23.9 Å². The standard InChI is InChI=1S/C24H28N4O3S.2C2H2O4/c1-30-19-8-9-22(31-2)20(14-19)21-17-32-24(25-21)26-23(29)16-28-12-10-27(11-13-28)15-18-6-4-3-5-7-18;2*3-1(4)2(5)6/h3-9,14,17H,10-13,15-16H2,1-2H3,(H,25,26,29);2*(H,3,4)(H,5,6). The lowest BCUT2D eigenvalue weighted by Crippen LogP contribution is -2.48. The van der Waals surface area contributed by atoms with Crippen LogP contribution in [0.15, 0.2) is 53.9 Å². The van der Waals surface area contributed by atoms with Crippen LogP contribution in [0.5, 0.6) is 11.5 Å². The zero-order valence-electron chi connectivity index (χ0n) is 23.8. The van der Waals surface area contributed by atoms with Gasteiger partial charge in [0, 0.05) is 43.7 Å². The molecule has 5 N–H and O–H groups in total. The molecule has 0 aliphatic carbocycles. The topological polar surface area (TPSA) is 216 Å². The number of carboxylic acids is 4. The van der Waals surface area contributed by atoms with Crippen LogP contribution in [0.2, 0.25) is 0 Å². The van der Waals surface area contributed by atoms with Crippen molar-refractivity contribution < 1.29 is 53.9 Å². The van der Waals surface area contributed by atoms with Gasteiger partial charge in [0.05, 0.1) is 26.5 Å². The summed E-state index contributed by atoms with van der Waals surface area (Å²) in [5.41, 5.74) is 2.90. The number of nitrogens with zero attached hydrogens (tertiary/aromatic N) is 3. The van der Waals surface area contributed by atoms with Crippen molar-refractivity contribution in [2.24, 2.45) is 0 Å². The SMILES string of the molecule is COc1ccc(OC)c(-c2csc(NC(=O)CN3CCN(Cc4ccccc4)CC3)n2)c1.O=C(O)C(=O)O.O=C(O)C(=O)O. The van der Waals surface area contributed by atoms with Crippen LogP contribution >= 0.6 is 11.3 Å². The first-order chi connectivity index (χ1) is 20.9. The van der Waals surface area contributed by atoms with Crippen molar-refractivity contribution in [3.8, 4) is 22.8 Å². The Labute approximate surface area is 255 Å². The molecule has 1 fully saturated rings. The first-order valence-electron chi connectivity index (χ1n) is 12.8. The predicted octanol–water partition coefficient (Wildman–Crippen LogP) is 1.89. The highest BCUT2D eigenvalue weighted by atomic mass is 32.1. The van der Waals surface area contributed by atoms with E-state index in [1.54, 1.807) is 14.2 Å². The fourth-order valence-corrected chi connectivity index (χ4v) is 4.50. The summed E-state index contributed by atoms with van der Waals surface area (Å²) in [7, 11) is 3.25. The first kappa shape index (κ1) is 35.1. The molecule has 1 aromatic heterocycles. The second-order valence-electron chi connectivity index (χ2n) is 8.91. The van der Waals surface area contributed by atoms with Gasteiger partial charge in [-0.05, 0) is 23.8 Å². The minimum absolute atomic E-state index is 0.0417. The smallest absolute Gasteiger partial charge is 0.414 e. The molecule has 1 saturated heterocycles. The Morgan fingerprint density at radius 1 is 0.818 bits per heavy atom. The number of piperazine rings is 1. The average molecular weight is 633 g/mol. The van der Waals surface area contributed by atoms with Gasteiger partial charge in [0.1, 0.15) is 11.5 Å². The number of ether oxygens (including phenoxy) is 2. The second-order valence-corrected chi connectivity index (χ2v) is 9.77. The van der Waals surface area contributed by atoms with Crippen LogP contribution in [0, 0.1) is 0 Å². The lowest BCUT2D eigenvalue weighted by Gasteiger charge is -2.34. The van der Waals surface area contributed by atoms with E-state index in [1.165, 1.54) is 16.9 Å². The Balaban J connectivity index is 0.000000477. The number of aromatic nitrogens is 1. The Kier molecular flexibility index (Phi) is 14.2. The number of hydrogen-bond acceptors (Lipinski definition) is 11. The number of anilines is 1. The molecule has 1 aliphatic rings. The largest absolute Gasteiger partial charge is 0.497 e. The van der Waals surface area contributed by atoms with E-state index in [1.807, 2.05) is 29.6 Å². The van der Waals surface area contributed by atoms with Gasteiger partial charge in [-0.2, -0.15) is 0 Å². The average Bonchev–Trinajstić information content (AvgIpc) is 3.47. The van der Waals surface area contributed by atoms with E-state index in [4.69, 9.17) is 49.1 Å². The molecule has 236 valence electrons. The van der Waals surface area contributed by atoms with Gasteiger partial charge in [-0.1, -0.05) is 30.3 Å². The summed E-state index contributed by atoms with van der Waals surface area (Å²) in [6.07, 6.45) is 0. The normalized spacial score (nSPS) is 12.8. The van der Waals surface area contributed by atoms with Crippen LogP contribution in [0.3, 0.4) is 0 Å². The third kappa shape index (κ3) is 12.0. The molecule has 0 atom stereocenters. The van der Waals surface area contributed by atoms with Crippen LogP contribution in [-0.2, 0) is 30.5 Å².